The Hall–Kier alpha value is -3.48. The molecular formula is C27H31N5O. The number of para-hydroxylation sites is 2. The standard InChI is InChI=1S/C27H31N5O/c1-28-17-8-18-29-27-24-11-6-7-12-25(24)30-26(31-27)20-32(2)19-21-13-15-23(16-14-21)33-22-9-4-3-5-10-22/h3-7,9-16,28H,8,17-20H2,1-2H3,(H,29,30,31). The molecule has 0 fully saturated rings. The van der Waals surface area contributed by atoms with E-state index in [4.69, 9.17) is 14.7 Å². The molecule has 0 aliphatic rings. The molecule has 0 atom stereocenters. The van der Waals surface area contributed by atoms with Crippen molar-refractivity contribution in [3.05, 3.63) is 90.3 Å². The fourth-order valence-electron chi connectivity index (χ4n) is 3.70. The zero-order valence-electron chi connectivity index (χ0n) is 19.3. The van der Waals surface area contributed by atoms with E-state index in [1.807, 2.05) is 67.7 Å². The highest BCUT2D eigenvalue weighted by Gasteiger charge is 2.10. The second kappa shape index (κ2) is 11.4. The molecule has 4 rings (SSSR count). The maximum Gasteiger partial charge on any atom is 0.145 e. The maximum atomic E-state index is 5.89. The van der Waals surface area contributed by atoms with Crippen LogP contribution in [0.15, 0.2) is 78.9 Å². The second-order valence-corrected chi connectivity index (χ2v) is 8.12. The summed E-state index contributed by atoms with van der Waals surface area (Å²) in [6, 6.07) is 26.2. The lowest BCUT2D eigenvalue weighted by Crippen LogP contribution is -2.20. The molecule has 33 heavy (non-hydrogen) atoms. The molecular weight excluding hydrogens is 410 g/mol. The molecule has 170 valence electrons. The SMILES string of the molecule is CNCCCNc1nc(CN(C)Cc2ccc(Oc3ccccc3)cc2)nc2ccccc12. The summed E-state index contributed by atoms with van der Waals surface area (Å²) in [5.74, 6) is 3.39. The molecule has 6 heteroatoms. The minimum atomic E-state index is 0.665. The van der Waals surface area contributed by atoms with Crippen LogP contribution in [-0.4, -0.2) is 42.1 Å². The maximum absolute atomic E-state index is 5.89. The molecule has 1 heterocycles. The van der Waals surface area contributed by atoms with Crippen LogP contribution < -0.4 is 15.4 Å². The largest absolute Gasteiger partial charge is 0.457 e. The summed E-state index contributed by atoms with van der Waals surface area (Å²) in [4.78, 5) is 11.9. The van der Waals surface area contributed by atoms with Crippen molar-refractivity contribution in [2.45, 2.75) is 19.5 Å². The van der Waals surface area contributed by atoms with Crippen LogP contribution in [0.2, 0.25) is 0 Å². The summed E-state index contributed by atoms with van der Waals surface area (Å²) in [6.07, 6.45) is 1.04. The van der Waals surface area contributed by atoms with Gasteiger partial charge in [0.25, 0.3) is 0 Å². The number of nitrogens with one attached hydrogen (secondary N) is 2. The molecule has 6 nitrogen and oxygen atoms in total. The third-order valence-electron chi connectivity index (χ3n) is 5.31. The van der Waals surface area contributed by atoms with Gasteiger partial charge in [0.2, 0.25) is 0 Å². The van der Waals surface area contributed by atoms with Gasteiger partial charge in [-0.15, -0.1) is 0 Å². The zero-order chi connectivity index (χ0) is 22.9. The Kier molecular flexibility index (Phi) is 7.85. The average Bonchev–Trinajstić information content (AvgIpc) is 2.83. The van der Waals surface area contributed by atoms with E-state index in [0.717, 1.165) is 60.1 Å². The lowest BCUT2D eigenvalue weighted by atomic mass is 10.2. The third-order valence-corrected chi connectivity index (χ3v) is 5.31. The van der Waals surface area contributed by atoms with Crippen LogP contribution in [0, 0.1) is 0 Å². The number of ether oxygens (including phenoxy) is 1. The van der Waals surface area contributed by atoms with Gasteiger partial charge in [-0.05, 0) is 69.0 Å². The van der Waals surface area contributed by atoms with Gasteiger partial charge < -0.3 is 15.4 Å². The number of nitrogens with zero attached hydrogens (tertiary/aromatic N) is 3. The predicted molar refractivity (Wildman–Crippen MR) is 135 cm³/mol. The minimum Gasteiger partial charge on any atom is -0.457 e. The van der Waals surface area contributed by atoms with Gasteiger partial charge in [0.05, 0.1) is 12.1 Å². The van der Waals surface area contributed by atoms with Gasteiger partial charge in [-0.2, -0.15) is 0 Å². The number of fused-ring (bicyclic) bond motifs is 1. The van der Waals surface area contributed by atoms with Crippen LogP contribution in [-0.2, 0) is 13.1 Å². The van der Waals surface area contributed by atoms with E-state index in [1.54, 1.807) is 0 Å². The number of benzene rings is 3. The lowest BCUT2D eigenvalue weighted by Gasteiger charge is -2.17. The van der Waals surface area contributed by atoms with E-state index in [9.17, 15) is 0 Å². The van der Waals surface area contributed by atoms with Gasteiger partial charge in [-0.3, -0.25) is 4.90 Å². The molecule has 0 saturated heterocycles. The molecule has 0 bridgehead atoms. The van der Waals surface area contributed by atoms with Crippen LogP contribution in [0.5, 0.6) is 11.5 Å². The topological polar surface area (TPSA) is 62.3 Å². The van der Waals surface area contributed by atoms with E-state index in [1.165, 1.54) is 5.56 Å². The van der Waals surface area contributed by atoms with Gasteiger partial charge in [0.1, 0.15) is 23.1 Å². The van der Waals surface area contributed by atoms with Crippen molar-refractivity contribution in [3.8, 4) is 11.5 Å². The third kappa shape index (κ3) is 6.51. The summed E-state index contributed by atoms with van der Waals surface area (Å²) in [6.45, 7) is 3.31. The van der Waals surface area contributed by atoms with E-state index in [0.29, 0.717) is 6.54 Å². The zero-order valence-corrected chi connectivity index (χ0v) is 19.3. The Balaban J connectivity index is 1.40. The first-order valence-corrected chi connectivity index (χ1v) is 11.4. The molecule has 2 N–H and O–H groups in total. The van der Waals surface area contributed by atoms with Crippen LogP contribution in [0.4, 0.5) is 5.82 Å². The van der Waals surface area contributed by atoms with Gasteiger partial charge in [0, 0.05) is 18.5 Å². The fourth-order valence-corrected chi connectivity index (χ4v) is 3.70. The highest BCUT2D eigenvalue weighted by molar-refractivity contribution is 5.88. The first-order chi connectivity index (χ1) is 16.2. The quantitative estimate of drug-likeness (QED) is 0.317. The molecule has 0 spiro atoms. The van der Waals surface area contributed by atoms with Gasteiger partial charge >= 0.3 is 0 Å². The van der Waals surface area contributed by atoms with E-state index in [2.05, 4.69) is 40.8 Å². The summed E-state index contributed by atoms with van der Waals surface area (Å²) >= 11 is 0. The highest BCUT2D eigenvalue weighted by atomic mass is 16.5. The first-order valence-electron chi connectivity index (χ1n) is 11.4. The van der Waals surface area contributed by atoms with Crippen molar-refractivity contribution in [3.63, 3.8) is 0 Å². The summed E-state index contributed by atoms with van der Waals surface area (Å²) in [5, 5.41) is 7.73. The fraction of sp³-hybridized carbons (Fsp3) is 0.259. The number of hydrogen-bond acceptors (Lipinski definition) is 6. The minimum absolute atomic E-state index is 0.665. The van der Waals surface area contributed by atoms with Crippen molar-refractivity contribution in [1.82, 2.24) is 20.2 Å². The smallest absolute Gasteiger partial charge is 0.145 e. The van der Waals surface area contributed by atoms with Crippen LogP contribution in [0.1, 0.15) is 17.8 Å². The van der Waals surface area contributed by atoms with Crippen LogP contribution >= 0.6 is 0 Å². The van der Waals surface area contributed by atoms with E-state index < -0.39 is 0 Å². The molecule has 0 amide bonds. The summed E-state index contributed by atoms with van der Waals surface area (Å²) < 4.78 is 5.89. The average molecular weight is 442 g/mol. The van der Waals surface area contributed by atoms with Crippen molar-refractivity contribution >= 4 is 16.7 Å². The predicted octanol–water partition coefficient (Wildman–Crippen LogP) is 5.08. The molecule has 0 aliphatic heterocycles. The number of hydrogen-bond donors (Lipinski definition) is 2. The molecule has 0 unspecified atom stereocenters. The normalized spacial score (nSPS) is 11.1. The number of aromatic nitrogens is 2. The first kappa shape index (κ1) is 22.7. The van der Waals surface area contributed by atoms with Crippen molar-refractivity contribution < 1.29 is 4.74 Å². The second-order valence-electron chi connectivity index (χ2n) is 8.12. The molecule has 3 aromatic carbocycles. The molecule has 0 radical (unpaired) electrons. The van der Waals surface area contributed by atoms with Crippen molar-refractivity contribution in [2.75, 3.05) is 32.5 Å². The van der Waals surface area contributed by atoms with Crippen molar-refractivity contribution in [2.24, 2.45) is 0 Å². The Morgan fingerprint density at radius 1 is 0.788 bits per heavy atom. The van der Waals surface area contributed by atoms with Gasteiger partial charge in [-0.25, -0.2) is 9.97 Å². The lowest BCUT2D eigenvalue weighted by molar-refractivity contribution is 0.311. The molecule has 1 aromatic heterocycles. The Bertz CT molecular complexity index is 1150. The Morgan fingerprint density at radius 2 is 1.52 bits per heavy atom. The van der Waals surface area contributed by atoms with Crippen LogP contribution in [0.25, 0.3) is 10.9 Å². The number of rotatable bonds is 11. The Morgan fingerprint density at radius 3 is 2.30 bits per heavy atom. The molecule has 4 aromatic rings. The van der Waals surface area contributed by atoms with E-state index >= 15 is 0 Å². The monoisotopic (exact) mass is 441 g/mol. The van der Waals surface area contributed by atoms with Crippen LogP contribution in [0.3, 0.4) is 0 Å². The Labute approximate surface area is 195 Å². The van der Waals surface area contributed by atoms with Crippen molar-refractivity contribution in [1.29, 1.82) is 0 Å². The summed E-state index contributed by atoms with van der Waals surface area (Å²) in [5.41, 5.74) is 2.18. The van der Waals surface area contributed by atoms with E-state index in [-0.39, 0.29) is 0 Å². The van der Waals surface area contributed by atoms with Gasteiger partial charge in [-0.1, -0.05) is 42.5 Å². The number of anilines is 1. The summed E-state index contributed by atoms with van der Waals surface area (Å²) in [7, 11) is 4.06. The molecule has 0 saturated carbocycles. The van der Waals surface area contributed by atoms with Gasteiger partial charge in [0.15, 0.2) is 0 Å². The molecule has 0 aliphatic carbocycles. The highest BCUT2D eigenvalue weighted by Crippen LogP contribution is 2.23.